The monoisotopic (exact) mass is 243 g/mol. The number of aryl methyl sites for hydroxylation is 1. The van der Waals surface area contributed by atoms with Gasteiger partial charge in [-0.15, -0.1) is 0 Å². The smallest absolute Gasteiger partial charge is 0.234 e. The average Bonchev–Trinajstić information content (AvgIpc) is 2.72. The van der Waals surface area contributed by atoms with Crippen LogP contribution >= 0.6 is 0 Å². The zero-order valence-electron chi connectivity index (χ0n) is 10.0. The van der Waals surface area contributed by atoms with E-state index in [2.05, 4.69) is 5.32 Å². The van der Waals surface area contributed by atoms with Crippen molar-refractivity contribution in [3.05, 3.63) is 35.6 Å². The summed E-state index contributed by atoms with van der Waals surface area (Å²) >= 11 is 0. The van der Waals surface area contributed by atoms with E-state index in [1.165, 1.54) is 0 Å². The molecule has 0 aliphatic carbocycles. The van der Waals surface area contributed by atoms with Crippen LogP contribution in [0.2, 0.25) is 0 Å². The van der Waals surface area contributed by atoms with Crippen molar-refractivity contribution in [3.63, 3.8) is 0 Å². The van der Waals surface area contributed by atoms with E-state index >= 15 is 0 Å². The van der Waals surface area contributed by atoms with Crippen LogP contribution in [0, 0.1) is 6.92 Å². The summed E-state index contributed by atoms with van der Waals surface area (Å²) < 4.78 is 5.49. The SMILES string of the molecule is Cc1ccc2c(C3CCC(=O)NC3=O)coc2c1. The summed E-state index contributed by atoms with van der Waals surface area (Å²) in [7, 11) is 0. The normalized spacial score (nSPS) is 20.2. The molecule has 0 saturated carbocycles. The van der Waals surface area contributed by atoms with Gasteiger partial charge in [0.2, 0.25) is 11.8 Å². The van der Waals surface area contributed by atoms with E-state index in [4.69, 9.17) is 4.42 Å². The Morgan fingerprint density at radius 3 is 2.94 bits per heavy atom. The third-order valence-corrected chi connectivity index (χ3v) is 3.38. The highest BCUT2D eigenvalue weighted by atomic mass is 16.3. The van der Waals surface area contributed by atoms with Gasteiger partial charge in [-0.05, 0) is 25.0 Å². The Hall–Kier alpha value is -2.10. The number of amides is 2. The van der Waals surface area contributed by atoms with Crippen LogP contribution in [-0.4, -0.2) is 11.8 Å². The summed E-state index contributed by atoms with van der Waals surface area (Å²) in [6, 6.07) is 5.91. The fourth-order valence-corrected chi connectivity index (χ4v) is 2.42. The number of nitrogens with one attached hydrogen (secondary N) is 1. The number of fused-ring (bicyclic) bond motifs is 1. The molecule has 1 N–H and O–H groups in total. The van der Waals surface area contributed by atoms with Gasteiger partial charge >= 0.3 is 0 Å². The molecule has 1 unspecified atom stereocenters. The van der Waals surface area contributed by atoms with Crippen molar-refractivity contribution in [1.29, 1.82) is 0 Å². The molecule has 3 rings (SSSR count). The molecule has 2 heterocycles. The maximum atomic E-state index is 11.8. The van der Waals surface area contributed by atoms with Gasteiger partial charge < -0.3 is 4.42 Å². The van der Waals surface area contributed by atoms with E-state index < -0.39 is 0 Å². The maximum absolute atomic E-state index is 11.8. The van der Waals surface area contributed by atoms with Gasteiger partial charge in [0.1, 0.15) is 5.58 Å². The van der Waals surface area contributed by atoms with Gasteiger partial charge in [0, 0.05) is 17.4 Å². The first kappa shape index (κ1) is 11.0. The molecule has 0 radical (unpaired) electrons. The fourth-order valence-electron chi connectivity index (χ4n) is 2.42. The van der Waals surface area contributed by atoms with E-state index in [1.54, 1.807) is 6.26 Å². The summed E-state index contributed by atoms with van der Waals surface area (Å²) in [6.45, 7) is 1.99. The first-order valence-corrected chi connectivity index (χ1v) is 5.96. The molecule has 1 atom stereocenters. The van der Waals surface area contributed by atoms with Gasteiger partial charge in [0.25, 0.3) is 0 Å². The lowest BCUT2D eigenvalue weighted by Gasteiger charge is -2.19. The van der Waals surface area contributed by atoms with Crippen LogP contribution < -0.4 is 5.32 Å². The second kappa shape index (κ2) is 3.98. The largest absolute Gasteiger partial charge is 0.464 e. The molecule has 1 fully saturated rings. The molecule has 4 nitrogen and oxygen atoms in total. The molecule has 92 valence electrons. The minimum atomic E-state index is -0.286. The average molecular weight is 243 g/mol. The lowest BCUT2D eigenvalue weighted by Crippen LogP contribution is -2.39. The highest BCUT2D eigenvalue weighted by molar-refractivity contribution is 6.02. The summed E-state index contributed by atoms with van der Waals surface area (Å²) in [5.74, 6) is -0.707. The summed E-state index contributed by atoms with van der Waals surface area (Å²) in [5, 5.41) is 3.33. The summed E-state index contributed by atoms with van der Waals surface area (Å²) in [6.07, 6.45) is 2.56. The van der Waals surface area contributed by atoms with Crippen molar-refractivity contribution in [3.8, 4) is 0 Å². The van der Waals surface area contributed by atoms with Crippen LogP contribution in [0.15, 0.2) is 28.9 Å². The molecule has 4 heteroatoms. The van der Waals surface area contributed by atoms with E-state index in [0.29, 0.717) is 12.8 Å². The Morgan fingerprint density at radius 1 is 1.33 bits per heavy atom. The van der Waals surface area contributed by atoms with Crippen molar-refractivity contribution in [2.75, 3.05) is 0 Å². The van der Waals surface area contributed by atoms with E-state index in [-0.39, 0.29) is 17.7 Å². The van der Waals surface area contributed by atoms with Gasteiger partial charge in [0.05, 0.1) is 12.2 Å². The van der Waals surface area contributed by atoms with Crippen molar-refractivity contribution in [2.24, 2.45) is 0 Å². The van der Waals surface area contributed by atoms with Gasteiger partial charge in [0.15, 0.2) is 0 Å². The molecular formula is C14H13NO3. The predicted octanol–water partition coefficient (Wildman–Crippen LogP) is 2.26. The molecule has 1 aromatic heterocycles. The number of piperidine rings is 1. The molecule has 0 bridgehead atoms. The zero-order chi connectivity index (χ0) is 12.7. The number of furan rings is 1. The maximum Gasteiger partial charge on any atom is 0.234 e. The minimum Gasteiger partial charge on any atom is -0.464 e. The van der Waals surface area contributed by atoms with E-state index in [9.17, 15) is 9.59 Å². The van der Waals surface area contributed by atoms with Crippen molar-refractivity contribution in [2.45, 2.75) is 25.7 Å². The first-order chi connectivity index (χ1) is 8.65. The second-order valence-electron chi connectivity index (χ2n) is 4.69. The Morgan fingerprint density at radius 2 is 2.17 bits per heavy atom. The molecule has 1 saturated heterocycles. The van der Waals surface area contributed by atoms with Crippen LogP contribution in [0.4, 0.5) is 0 Å². The topological polar surface area (TPSA) is 59.3 Å². The molecule has 18 heavy (non-hydrogen) atoms. The number of carbonyl (C=O) groups excluding carboxylic acids is 2. The predicted molar refractivity (Wildman–Crippen MR) is 66.1 cm³/mol. The van der Waals surface area contributed by atoms with Crippen molar-refractivity contribution >= 4 is 22.8 Å². The van der Waals surface area contributed by atoms with Crippen LogP contribution in [0.25, 0.3) is 11.0 Å². The van der Waals surface area contributed by atoms with Crippen molar-refractivity contribution < 1.29 is 14.0 Å². The van der Waals surface area contributed by atoms with Crippen LogP contribution in [-0.2, 0) is 9.59 Å². The molecule has 0 spiro atoms. The molecular weight excluding hydrogens is 230 g/mol. The molecule has 2 aromatic rings. The van der Waals surface area contributed by atoms with Crippen LogP contribution in [0.5, 0.6) is 0 Å². The highest BCUT2D eigenvalue weighted by Gasteiger charge is 2.30. The quantitative estimate of drug-likeness (QED) is 0.781. The van der Waals surface area contributed by atoms with Crippen LogP contribution in [0.3, 0.4) is 0 Å². The molecule has 1 aliphatic rings. The zero-order valence-corrected chi connectivity index (χ0v) is 10.0. The van der Waals surface area contributed by atoms with Gasteiger partial charge in [-0.25, -0.2) is 0 Å². The molecule has 1 aromatic carbocycles. The summed E-state index contributed by atoms with van der Waals surface area (Å²) in [4.78, 5) is 23.0. The fraction of sp³-hybridized carbons (Fsp3) is 0.286. The van der Waals surface area contributed by atoms with Crippen molar-refractivity contribution in [1.82, 2.24) is 5.32 Å². The number of hydrogen-bond acceptors (Lipinski definition) is 3. The lowest BCUT2D eigenvalue weighted by atomic mass is 9.90. The number of imide groups is 1. The van der Waals surface area contributed by atoms with Gasteiger partial charge in [-0.2, -0.15) is 0 Å². The Bertz CT molecular complexity index is 642. The summed E-state index contributed by atoms with van der Waals surface area (Å²) in [5.41, 5.74) is 2.77. The highest BCUT2D eigenvalue weighted by Crippen LogP contribution is 2.32. The first-order valence-electron chi connectivity index (χ1n) is 5.96. The van der Waals surface area contributed by atoms with Gasteiger partial charge in [-0.1, -0.05) is 12.1 Å². The Labute approximate surface area is 104 Å². The number of benzene rings is 1. The second-order valence-corrected chi connectivity index (χ2v) is 4.69. The van der Waals surface area contributed by atoms with Crippen LogP contribution in [0.1, 0.15) is 29.9 Å². The number of rotatable bonds is 1. The number of hydrogen-bond donors (Lipinski definition) is 1. The third kappa shape index (κ3) is 1.70. The molecule has 2 amide bonds. The van der Waals surface area contributed by atoms with E-state index in [0.717, 1.165) is 22.1 Å². The Kier molecular flexibility index (Phi) is 2.44. The van der Waals surface area contributed by atoms with E-state index in [1.807, 2.05) is 25.1 Å². The Balaban J connectivity index is 2.04. The number of carbonyl (C=O) groups is 2. The van der Waals surface area contributed by atoms with Gasteiger partial charge in [-0.3, -0.25) is 14.9 Å². The molecule has 1 aliphatic heterocycles. The standard InChI is InChI=1S/C14H13NO3/c1-8-2-3-9-11(7-18-12(9)6-8)10-4-5-13(16)15-14(10)17/h2-3,6-7,10H,4-5H2,1H3,(H,15,16,17). The lowest BCUT2D eigenvalue weighted by molar-refractivity contribution is -0.134. The minimum absolute atomic E-state index is 0.195. The third-order valence-electron chi connectivity index (χ3n) is 3.38.